The molecule has 2 aliphatic carbocycles. The molecule has 0 amide bonds. The predicted molar refractivity (Wildman–Crippen MR) is 75.7 cm³/mol. The van der Waals surface area contributed by atoms with Gasteiger partial charge in [-0.1, -0.05) is 6.92 Å². The molecule has 0 aromatic heterocycles. The summed E-state index contributed by atoms with van der Waals surface area (Å²) in [6.45, 7) is 4.95. The molecule has 3 rings (SSSR count). The summed E-state index contributed by atoms with van der Waals surface area (Å²) in [7, 11) is 0. The Morgan fingerprint density at radius 1 is 1.40 bits per heavy atom. The largest absolute Gasteiger partial charge is 0.480 e. The first-order valence-electron chi connectivity index (χ1n) is 8.01. The predicted octanol–water partition coefficient (Wildman–Crippen LogP) is 1.08. The highest BCUT2D eigenvalue weighted by Crippen LogP contribution is 2.42. The third-order valence-corrected chi connectivity index (χ3v) is 5.20. The molecule has 3 fully saturated rings. The molecule has 0 bridgehead atoms. The van der Waals surface area contributed by atoms with Crippen LogP contribution in [0.1, 0.15) is 39.0 Å². The number of nitrogens with zero attached hydrogens (tertiary/aromatic N) is 1. The number of likely N-dealkylation sites (N-methyl/N-ethyl adjacent to an activating group) is 1. The number of nitrogens with one attached hydrogen (secondary N) is 1. The first-order chi connectivity index (χ1) is 9.67. The van der Waals surface area contributed by atoms with Crippen LogP contribution >= 0.6 is 0 Å². The Kier molecular flexibility index (Phi) is 4.02. The van der Waals surface area contributed by atoms with Crippen LogP contribution in [0.5, 0.6) is 0 Å². The second kappa shape index (κ2) is 5.62. The number of ether oxygens (including phenoxy) is 1. The van der Waals surface area contributed by atoms with Gasteiger partial charge in [0, 0.05) is 19.1 Å². The molecular weight excluding hydrogens is 256 g/mol. The molecule has 5 nitrogen and oxygen atoms in total. The highest BCUT2D eigenvalue weighted by atomic mass is 16.5. The molecule has 2 N–H and O–H groups in total. The molecule has 2 saturated carbocycles. The summed E-state index contributed by atoms with van der Waals surface area (Å²) in [4.78, 5) is 14.3. The molecule has 0 aromatic carbocycles. The minimum Gasteiger partial charge on any atom is -0.480 e. The normalized spacial score (nSPS) is 33.6. The summed E-state index contributed by atoms with van der Waals surface area (Å²) in [6, 6.07) is 0.430. The monoisotopic (exact) mass is 282 g/mol. The maximum atomic E-state index is 11.9. The van der Waals surface area contributed by atoms with Gasteiger partial charge in [-0.15, -0.1) is 0 Å². The van der Waals surface area contributed by atoms with E-state index < -0.39 is 11.5 Å². The Labute approximate surface area is 120 Å². The zero-order chi connectivity index (χ0) is 14.2. The van der Waals surface area contributed by atoms with Crippen molar-refractivity contribution >= 4 is 5.97 Å². The molecule has 3 unspecified atom stereocenters. The lowest BCUT2D eigenvalue weighted by atomic mass is 9.91. The highest BCUT2D eigenvalue weighted by molar-refractivity contribution is 5.80. The van der Waals surface area contributed by atoms with Gasteiger partial charge in [0.15, 0.2) is 0 Å². The van der Waals surface area contributed by atoms with E-state index in [2.05, 4.69) is 10.2 Å². The van der Waals surface area contributed by atoms with Gasteiger partial charge >= 0.3 is 5.97 Å². The standard InChI is InChI=1S/C15H26N2O3/c1-2-16-15(14(18)19,11-6-7-11)10-17-8-9-20-13-5-3-4-12(13)17/h11-13,16H,2-10H2,1H3,(H,18,19). The molecule has 0 radical (unpaired) electrons. The molecular formula is C15H26N2O3. The van der Waals surface area contributed by atoms with Crippen LogP contribution < -0.4 is 5.32 Å². The fourth-order valence-electron chi connectivity index (χ4n) is 4.06. The maximum Gasteiger partial charge on any atom is 0.325 e. The van der Waals surface area contributed by atoms with E-state index in [4.69, 9.17) is 4.74 Å². The third kappa shape index (κ3) is 2.47. The third-order valence-electron chi connectivity index (χ3n) is 5.20. The molecule has 114 valence electrons. The Morgan fingerprint density at radius 3 is 2.85 bits per heavy atom. The Bertz CT molecular complexity index is 372. The lowest BCUT2D eigenvalue weighted by molar-refractivity contribution is -0.149. The average molecular weight is 282 g/mol. The minimum absolute atomic E-state index is 0.294. The Morgan fingerprint density at radius 2 is 2.20 bits per heavy atom. The number of hydrogen-bond acceptors (Lipinski definition) is 4. The number of carboxylic acids is 1. The summed E-state index contributed by atoms with van der Waals surface area (Å²) < 4.78 is 5.83. The van der Waals surface area contributed by atoms with Crippen molar-refractivity contribution in [3.8, 4) is 0 Å². The summed E-state index contributed by atoms with van der Waals surface area (Å²) in [5.41, 5.74) is -0.751. The van der Waals surface area contributed by atoms with E-state index in [1.54, 1.807) is 0 Å². The van der Waals surface area contributed by atoms with E-state index >= 15 is 0 Å². The van der Waals surface area contributed by atoms with E-state index in [0.29, 0.717) is 31.2 Å². The fraction of sp³-hybridized carbons (Fsp3) is 0.933. The van der Waals surface area contributed by atoms with Gasteiger partial charge in [0.05, 0.1) is 12.7 Å². The molecule has 20 heavy (non-hydrogen) atoms. The van der Waals surface area contributed by atoms with Crippen LogP contribution in [0.15, 0.2) is 0 Å². The van der Waals surface area contributed by atoms with Gasteiger partial charge in [-0.25, -0.2) is 0 Å². The fourth-order valence-corrected chi connectivity index (χ4v) is 4.06. The number of carbonyl (C=O) groups is 1. The van der Waals surface area contributed by atoms with Crippen molar-refractivity contribution in [2.45, 2.75) is 56.7 Å². The average Bonchev–Trinajstić information content (AvgIpc) is 3.16. The van der Waals surface area contributed by atoms with Gasteiger partial charge in [0.2, 0.25) is 0 Å². The van der Waals surface area contributed by atoms with E-state index in [1.807, 2.05) is 6.92 Å². The van der Waals surface area contributed by atoms with Crippen molar-refractivity contribution < 1.29 is 14.6 Å². The van der Waals surface area contributed by atoms with E-state index in [1.165, 1.54) is 6.42 Å². The molecule has 1 heterocycles. The molecule has 3 atom stereocenters. The highest BCUT2D eigenvalue weighted by Gasteiger charge is 2.53. The van der Waals surface area contributed by atoms with Gasteiger partial charge in [-0.2, -0.15) is 0 Å². The summed E-state index contributed by atoms with van der Waals surface area (Å²) in [5, 5.41) is 13.1. The topological polar surface area (TPSA) is 61.8 Å². The van der Waals surface area contributed by atoms with Crippen LogP contribution in [0.2, 0.25) is 0 Å². The first kappa shape index (κ1) is 14.3. The smallest absolute Gasteiger partial charge is 0.325 e. The zero-order valence-electron chi connectivity index (χ0n) is 12.3. The number of morpholine rings is 1. The molecule has 5 heteroatoms. The zero-order valence-corrected chi connectivity index (χ0v) is 12.3. The van der Waals surface area contributed by atoms with Crippen LogP contribution in [0, 0.1) is 5.92 Å². The van der Waals surface area contributed by atoms with Crippen LogP contribution in [0.25, 0.3) is 0 Å². The van der Waals surface area contributed by atoms with Gasteiger partial charge in [-0.3, -0.25) is 9.69 Å². The minimum atomic E-state index is -0.751. The van der Waals surface area contributed by atoms with Crippen molar-refractivity contribution in [3.63, 3.8) is 0 Å². The molecule has 3 aliphatic rings. The second-order valence-corrected chi connectivity index (χ2v) is 6.46. The van der Waals surface area contributed by atoms with E-state index in [9.17, 15) is 9.90 Å². The maximum absolute atomic E-state index is 11.9. The van der Waals surface area contributed by atoms with Crippen molar-refractivity contribution in [3.05, 3.63) is 0 Å². The SMILES string of the molecule is CCNC(CN1CCOC2CCCC21)(C(=O)O)C1CC1. The van der Waals surface area contributed by atoms with Gasteiger partial charge in [0.25, 0.3) is 0 Å². The number of carboxylic acid groups (broad SMARTS) is 1. The number of hydrogen-bond donors (Lipinski definition) is 2. The van der Waals surface area contributed by atoms with Gasteiger partial charge in [-0.05, 0) is 44.6 Å². The van der Waals surface area contributed by atoms with Crippen molar-refractivity contribution in [2.75, 3.05) is 26.2 Å². The number of rotatable bonds is 6. The lowest BCUT2D eigenvalue weighted by Crippen LogP contribution is -2.64. The number of aliphatic carboxylic acids is 1. The van der Waals surface area contributed by atoms with Crippen LogP contribution in [0.3, 0.4) is 0 Å². The van der Waals surface area contributed by atoms with E-state index in [-0.39, 0.29) is 0 Å². The van der Waals surface area contributed by atoms with Crippen molar-refractivity contribution in [1.29, 1.82) is 0 Å². The molecule has 1 aliphatic heterocycles. The summed E-state index contributed by atoms with van der Waals surface area (Å²) >= 11 is 0. The van der Waals surface area contributed by atoms with Gasteiger partial charge in [0.1, 0.15) is 5.54 Å². The quantitative estimate of drug-likeness (QED) is 0.763. The summed E-state index contributed by atoms with van der Waals surface area (Å²) in [5.74, 6) is -0.384. The Hall–Kier alpha value is -0.650. The first-order valence-corrected chi connectivity index (χ1v) is 8.01. The number of fused-ring (bicyclic) bond motifs is 1. The second-order valence-electron chi connectivity index (χ2n) is 6.46. The van der Waals surface area contributed by atoms with Crippen molar-refractivity contribution in [2.24, 2.45) is 5.92 Å². The summed E-state index contributed by atoms with van der Waals surface area (Å²) in [6.07, 6.45) is 5.89. The lowest BCUT2D eigenvalue weighted by Gasteiger charge is -2.43. The van der Waals surface area contributed by atoms with Crippen LogP contribution in [-0.2, 0) is 9.53 Å². The van der Waals surface area contributed by atoms with Crippen molar-refractivity contribution in [1.82, 2.24) is 10.2 Å². The van der Waals surface area contributed by atoms with Crippen LogP contribution in [0.4, 0.5) is 0 Å². The Balaban J connectivity index is 1.76. The van der Waals surface area contributed by atoms with E-state index in [0.717, 1.165) is 38.8 Å². The molecule has 0 spiro atoms. The van der Waals surface area contributed by atoms with Crippen LogP contribution in [-0.4, -0.2) is 59.9 Å². The molecule has 1 saturated heterocycles. The van der Waals surface area contributed by atoms with Gasteiger partial charge < -0.3 is 15.2 Å². The molecule has 0 aromatic rings.